The van der Waals surface area contributed by atoms with Crippen molar-refractivity contribution < 1.29 is 19.0 Å². The maximum Gasteiger partial charge on any atom is 0.247 e. The van der Waals surface area contributed by atoms with E-state index >= 15 is 0 Å². The van der Waals surface area contributed by atoms with E-state index in [2.05, 4.69) is 47.3 Å². The molecule has 224 valence electrons. The predicted octanol–water partition coefficient (Wildman–Crippen LogP) is 4.70. The van der Waals surface area contributed by atoms with Gasteiger partial charge >= 0.3 is 0 Å². The lowest BCUT2D eigenvalue weighted by Gasteiger charge is -2.26. The van der Waals surface area contributed by atoms with Gasteiger partial charge in [0.05, 0.1) is 29.8 Å². The Kier molecular flexibility index (Phi) is 9.59. The van der Waals surface area contributed by atoms with Crippen LogP contribution in [0.25, 0.3) is 0 Å². The van der Waals surface area contributed by atoms with Gasteiger partial charge < -0.3 is 35.6 Å². The number of anilines is 6. The number of hydrogen-bond acceptors (Lipinski definition) is 10. The van der Waals surface area contributed by atoms with Crippen LogP contribution in [0, 0.1) is 12.7 Å². The zero-order valence-electron chi connectivity index (χ0n) is 24.8. The molecule has 0 atom stereocenters. The quantitative estimate of drug-likeness (QED) is 0.225. The number of nitrogens with zero attached hydrogens (tertiary/aromatic N) is 5. The van der Waals surface area contributed by atoms with Crippen LogP contribution in [0.5, 0.6) is 5.75 Å². The van der Waals surface area contributed by atoms with Crippen LogP contribution in [0.2, 0.25) is 0 Å². The molecule has 4 rings (SSSR count). The van der Waals surface area contributed by atoms with Gasteiger partial charge in [-0.1, -0.05) is 6.58 Å². The largest absolute Gasteiger partial charge is 0.494 e. The first-order valence-electron chi connectivity index (χ1n) is 13.8. The molecular weight excluding hydrogens is 539 g/mol. The molecule has 1 aromatic heterocycles. The molecule has 42 heavy (non-hydrogen) atoms. The van der Waals surface area contributed by atoms with Gasteiger partial charge in [-0.2, -0.15) is 4.98 Å². The fourth-order valence-corrected chi connectivity index (χ4v) is 4.80. The summed E-state index contributed by atoms with van der Waals surface area (Å²) in [6.45, 7) is 12.2. The summed E-state index contributed by atoms with van der Waals surface area (Å²) in [5.41, 5.74) is 1.78. The van der Waals surface area contributed by atoms with Crippen LogP contribution in [0.15, 0.2) is 43.2 Å². The maximum absolute atomic E-state index is 14.3. The molecule has 2 aromatic carbocycles. The molecule has 0 aliphatic carbocycles. The van der Waals surface area contributed by atoms with E-state index in [9.17, 15) is 14.3 Å². The highest BCUT2D eigenvalue weighted by molar-refractivity contribution is 6.02. The van der Waals surface area contributed by atoms with E-state index in [0.717, 1.165) is 31.9 Å². The first-order chi connectivity index (χ1) is 20.0. The molecule has 0 unspecified atom stereocenters. The highest BCUT2D eigenvalue weighted by Gasteiger charge is 2.23. The lowest BCUT2D eigenvalue weighted by molar-refractivity contribution is -0.111. The molecule has 12 heteroatoms. The Bertz CT molecular complexity index is 1440. The van der Waals surface area contributed by atoms with Gasteiger partial charge in [-0.05, 0) is 76.5 Å². The normalized spacial score (nSPS) is 13.5. The fraction of sp³-hybridized carbons (Fsp3) is 0.400. The second kappa shape index (κ2) is 13.1. The van der Waals surface area contributed by atoms with Crippen LogP contribution in [-0.4, -0.2) is 71.2 Å². The second-order valence-electron chi connectivity index (χ2n) is 10.8. The van der Waals surface area contributed by atoms with Crippen LogP contribution in [0.3, 0.4) is 0 Å². The van der Waals surface area contributed by atoms with Crippen LogP contribution >= 0.6 is 0 Å². The third kappa shape index (κ3) is 7.51. The van der Waals surface area contributed by atoms with Crippen molar-refractivity contribution in [3.05, 3.63) is 60.2 Å². The van der Waals surface area contributed by atoms with E-state index in [-0.39, 0.29) is 17.8 Å². The van der Waals surface area contributed by atoms with Crippen molar-refractivity contribution in [2.24, 2.45) is 0 Å². The third-order valence-corrected chi connectivity index (χ3v) is 7.15. The van der Waals surface area contributed by atoms with Crippen molar-refractivity contribution in [1.82, 2.24) is 19.9 Å². The van der Waals surface area contributed by atoms with E-state index in [0.29, 0.717) is 33.9 Å². The zero-order valence-corrected chi connectivity index (χ0v) is 24.8. The Hall–Kier alpha value is -4.29. The van der Waals surface area contributed by atoms with E-state index in [4.69, 9.17) is 4.74 Å². The van der Waals surface area contributed by atoms with Gasteiger partial charge in [0.25, 0.3) is 0 Å². The summed E-state index contributed by atoms with van der Waals surface area (Å²) in [5.74, 6) is 0.131. The van der Waals surface area contributed by atoms with Gasteiger partial charge in [0, 0.05) is 37.5 Å². The fourth-order valence-electron chi connectivity index (χ4n) is 4.80. The van der Waals surface area contributed by atoms with Crippen molar-refractivity contribution >= 4 is 40.6 Å². The summed E-state index contributed by atoms with van der Waals surface area (Å²) in [6, 6.07) is 6.50. The molecule has 11 nitrogen and oxygen atoms in total. The molecule has 1 saturated heterocycles. The highest BCUT2D eigenvalue weighted by Crippen LogP contribution is 2.38. The SMILES string of the molecule is C=CC(=O)Nc1cc(Nc2ncnc(Nc3cc(C)c(F)cc3C(C)(C)O)n2)c(OC)cc1N(C)CCN1CCCC1. The Labute approximate surface area is 245 Å². The topological polar surface area (TPSA) is 128 Å². The second-order valence-corrected chi connectivity index (χ2v) is 10.8. The predicted molar refractivity (Wildman–Crippen MR) is 164 cm³/mol. The number of aromatic nitrogens is 3. The number of carbonyl (C=O) groups excluding carboxylic acids is 1. The van der Waals surface area contributed by atoms with Gasteiger partial charge in [-0.25, -0.2) is 14.4 Å². The highest BCUT2D eigenvalue weighted by atomic mass is 19.1. The van der Waals surface area contributed by atoms with Crippen molar-refractivity contribution in [3.63, 3.8) is 0 Å². The third-order valence-electron chi connectivity index (χ3n) is 7.15. The molecule has 0 radical (unpaired) electrons. The summed E-state index contributed by atoms with van der Waals surface area (Å²) >= 11 is 0. The minimum Gasteiger partial charge on any atom is -0.494 e. The Morgan fingerprint density at radius 1 is 1.14 bits per heavy atom. The molecule has 4 N–H and O–H groups in total. The number of methoxy groups -OCH3 is 1. The van der Waals surface area contributed by atoms with Crippen LogP contribution < -0.4 is 25.6 Å². The molecule has 3 aromatic rings. The number of ether oxygens (including phenoxy) is 1. The molecule has 0 spiro atoms. The number of nitrogens with one attached hydrogen (secondary N) is 3. The van der Waals surface area contributed by atoms with E-state index in [1.165, 1.54) is 31.3 Å². The number of rotatable bonds is 12. The molecule has 2 heterocycles. The summed E-state index contributed by atoms with van der Waals surface area (Å²) in [6.07, 6.45) is 4.98. The summed E-state index contributed by atoms with van der Waals surface area (Å²) in [4.78, 5) is 29.7. The Morgan fingerprint density at radius 2 is 1.81 bits per heavy atom. The standard InChI is InChI=1S/C30H39FN8O3/c1-7-27(40)34-23-16-24(26(42-6)17-25(23)38(5)12-13-39-10-8-9-11-39)36-29-33-18-32-28(37-29)35-22-14-19(2)21(31)15-20(22)30(3,4)41/h7,14-18,41H,1,8-13H2,2-6H3,(H,34,40)(H2,32,33,35,36,37). The van der Waals surface area contributed by atoms with Gasteiger partial charge in [0.1, 0.15) is 17.9 Å². The average molecular weight is 579 g/mol. The number of likely N-dealkylation sites (tertiary alicyclic amines) is 1. The van der Waals surface area contributed by atoms with Gasteiger partial charge in [0.15, 0.2) is 0 Å². The molecule has 1 aliphatic rings. The van der Waals surface area contributed by atoms with E-state index in [1.807, 2.05) is 13.1 Å². The van der Waals surface area contributed by atoms with Crippen molar-refractivity contribution in [1.29, 1.82) is 0 Å². The first kappa shape index (κ1) is 30.7. The summed E-state index contributed by atoms with van der Waals surface area (Å²) in [7, 11) is 3.54. The van der Waals surface area contributed by atoms with Gasteiger partial charge in [0.2, 0.25) is 17.8 Å². The van der Waals surface area contributed by atoms with E-state index < -0.39 is 11.4 Å². The van der Waals surface area contributed by atoms with Crippen molar-refractivity contribution in [2.75, 3.05) is 61.2 Å². The van der Waals surface area contributed by atoms with Crippen molar-refractivity contribution in [2.45, 2.75) is 39.2 Å². The number of aryl methyl sites for hydroxylation is 1. The first-order valence-corrected chi connectivity index (χ1v) is 13.8. The molecule has 1 fully saturated rings. The van der Waals surface area contributed by atoms with E-state index in [1.54, 1.807) is 40.0 Å². The Balaban J connectivity index is 1.62. The van der Waals surface area contributed by atoms with Crippen LogP contribution in [0.1, 0.15) is 37.8 Å². The summed E-state index contributed by atoms with van der Waals surface area (Å²) in [5, 5.41) is 19.7. The number of amides is 1. The number of halogens is 1. The lowest BCUT2D eigenvalue weighted by Crippen LogP contribution is -2.32. The molecular formula is C30H39FN8O3. The smallest absolute Gasteiger partial charge is 0.247 e. The molecule has 1 amide bonds. The lowest BCUT2D eigenvalue weighted by atomic mass is 9.95. The number of aliphatic hydroxyl groups is 1. The zero-order chi connectivity index (χ0) is 30.4. The summed E-state index contributed by atoms with van der Waals surface area (Å²) < 4.78 is 20.0. The Morgan fingerprint density at radius 3 is 2.43 bits per heavy atom. The number of benzene rings is 2. The number of likely N-dealkylation sites (N-methyl/N-ethyl adjacent to an activating group) is 1. The monoisotopic (exact) mass is 578 g/mol. The minimum atomic E-state index is -1.31. The van der Waals surface area contributed by atoms with Crippen LogP contribution in [-0.2, 0) is 10.4 Å². The maximum atomic E-state index is 14.3. The van der Waals surface area contributed by atoms with Crippen molar-refractivity contribution in [3.8, 4) is 5.75 Å². The van der Waals surface area contributed by atoms with Gasteiger partial charge in [-0.3, -0.25) is 4.79 Å². The number of hydrogen-bond donors (Lipinski definition) is 4. The minimum absolute atomic E-state index is 0.182. The number of carbonyl (C=O) groups is 1. The molecule has 0 bridgehead atoms. The van der Waals surface area contributed by atoms with Crippen LogP contribution in [0.4, 0.5) is 39.0 Å². The van der Waals surface area contributed by atoms with Gasteiger partial charge in [-0.15, -0.1) is 0 Å². The molecule has 1 aliphatic heterocycles. The average Bonchev–Trinajstić information content (AvgIpc) is 3.47. The molecule has 0 saturated carbocycles.